The van der Waals surface area contributed by atoms with Crippen LogP contribution in [0.25, 0.3) is 11.0 Å². The number of aryl methyl sites for hydroxylation is 1. The van der Waals surface area contributed by atoms with Crippen LogP contribution in [0.5, 0.6) is 0 Å². The fourth-order valence-corrected chi connectivity index (χ4v) is 2.27. The standard InChI is InChI=1S/C18H16N2O3/c1-3-20(15-9-8-14-10-11-22-17(14)12-15)23-18(21)19-16-7-5-4-6-13(16)2/h3-12H,1-2H3/p+1. The van der Waals surface area contributed by atoms with Crippen molar-refractivity contribution in [2.45, 2.75) is 13.8 Å². The van der Waals surface area contributed by atoms with E-state index in [1.54, 1.807) is 19.4 Å². The third-order valence-corrected chi connectivity index (χ3v) is 3.49. The average Bonchev–Trinajstić information content (AvgIpc) is 3.02. The van der Waals surface area contributed by atoms with Crippen LogP contribution in [0, 0.1) is 6.92 Å². The Kier molecular flexibility index (Phi) is 4.10. The number of rotatable bonds is 3. The summed E-state index contributed by atoms with van der Waals surface area (Å²) in [7, 11) is 0. The molecule has 0 spiro atoms. The van der Waals surface area contributed by atoms with Gasteiger partial charge in [0.2, 0.25) is 0 Å². The molecule has 116 valence electrons. The predicted molar refractivity (Wildman–Crippen MR) is 89.2 cm³/mol. The van der Waals surface area contributed by atoms with Gasteiger partial charge in [0.05, 0.1) is 12.3 Å². The molecule has 2 aromatic carbocycles. The first kappa shape index (κ1) is 14.8. The normalized spacial score (nSPS) is 11.5. The second kappa shape index (κ2) is 6.36. The summed E-state index contributed by atoms with van der Waals surface area (Å²) in [6.07, 6.45) is 2.73. The van der Waals surface area contributed by atoms with E-state index in [9.17, 15) is 4.79 Å². The third kappa shape index (κ3) is 3.23. The lowest BCUT2D eigenvalue weighted by Gasteiger charge is -2.06. The van der Waals surface area contributed by atoms with Crippen molar-refractivity contribution in [2.24, 2.45) is 0 Å². The lowest BCUT2D eigenvalue weighted by atomic mass is 10.2. The quantitative estimate of drug-likeness (QED) is 0.332. The largest absolute Gasteiger partial charge is 0.480 e. The van der Waals surface area contributed by atoms with Crippen LogP contribution in [0.1, 0.15) is 12.5 Å². The molecule has 0 saturated carbocycles. The number of carbonyl (C=O) groups excluding carboxylic acids is 1. The summed E-state index contributed by atoms with van der Waals surface area (Å²) < 4.78 is 6.77. The Morgan fingerprint density at radius 1 is 1.22 bits per heavy atom. The third-order valence-electron chi connectivity index (χ3n) is 3.49. The van der Waals surface area contributed by atoms with Crippen molar-refractivity contribution in [3.05, 3.63) is 60.4 Å². The lowest BCUT2D eigenvalue weighted by Crippen LogP contribution is -2.20. The second-order valence-electron chi connectivity index (χ2n) is 5.05. The van der Waals surface area contributed by atoms with E-state index in [1.807, 2.05) is 55.5 Å². The molecule has 1 aromatic heterocycles. The molecule has 0 fully saturated rings. The maximum Gasteiger partial charge on any atom is 0.480 e. The van der Waals surface area contributed by atoms with Gasteiger partial charge in [0.25, 0.3) is 5.69 Å². The van der Waals surface area contributed by atoms with Crippen molar-refractivity contribution in [3.8, 4) is 0 Å². The van der Waals surface area contributed by atoms with Gasteiger partial charge >= 0.3 is 6.09 Å². The Morgan fingerprint density at radius 2 is 2.04 bits per heavy atom. The van der Waals surface area contributed by atoms with Crippen LogP contribution in [0.3, 0.4) is 0 Å². The van der Waals surface area contributed by atoms with Gasteiger partial charge in [-0.25, -0.2) is 4.79 Å². The van der Waals surface area contributed by atoms with Gasteiger partial charge in [0.15, 0.2) is 6.21 Å². The summed E-state index contributed by atoms with van der Waals surface area (Å²) in [6.45, 7) is 3.71. The fourth-order valence-electron chi connectivity index (χ4n) is 2.27. The topological polar surface area (TPSA) is 54.5 Å². The van der Waals surface area contributed by atoms with Gasteiger partial charge in [-0.1, -0.05) is 18.2 Å². The van der Waals surface area contributed by atoms with Crippen molar-refractivity contribution in [1.82, 2.24) is 0 Å². The van der Waals surface area contributed by atoms with Gasteiger partial charge in [0.1, 0.15) is 5.58 Å². The molecule has 23 heavy (non-hydrogen) atoms. The van der Waals surface area contributed by atoms with Gasteiger partial charge in [-0.3, -0.25) is 5.32 Å². The minimum atomic E-state index is -0.558. The van der Waals surface area contributed by atoms with Crippen LogP contribution in [0.2, 0.25) is 0 Å². The highest BCUT2D eigenvalue weighted by Crippen LogP contribution is 2.22. The van der Waals surface area contributed by atoms with E-state index < -0.39 is 6.09 Å². The highest BCUT2D eigenvalue weighted by atomic mass is 16.7. The van der Waals surface area contributed by atoms with Crippen molar-refractivity contribution >= 4 is 34.7 Å². The number of fused-ring (bicyclic) bond motifs is 1. The number of hydrogen-bond acceptors (Lipinski definition) is 3. The van der Waals surface area contributed by atoms with Gasteiger partial charge < -0.3 is 4.42 Å². The first-order valence-electron chi connectivity index (χ1n) is 7.28. The van der Waals surface area contributed by atoms with E-state index in [-0.39, 0.29) is 0 Å². The Labute approximate surface area is 133 Å². The van der Waals surface area contributed by atoms with Gasteiger partial charge in [-0.2, -0.15) is 4.84 Å². The maximum absolute atomic E-state index is 12.1. The van der Waals surface area contributed by atoms with Crippen LogP contribution < -0.4 is 5.32 Å². The summed E-state index contributed by atoms with van der Waals surface area (Å²) >= 11 is 0. The summed E-state index contributed by atoms with van der Waals surface area (Å²) in [6, 6.07) is 15.0. The number of hydrogen-bond donors (Lipinski definition) is 1. The van der Waals surface area contributed by atoms with Gasteiger partial charge in [-0.05, 0) is 30.7 Å². The number of nitrogens with one attached hydrogen (secondary N) is 1. The van der Waals surface area contributed by atoms with Crippen LogP contribution in [-0.4, -0.2) is 17.0 Å². The molecule has 5 heteroatoms. The fraction of sp³-hybridized carbons (Fsp3) is 0.111. The monoisotopic (exact) mass is 309 g/mol. The molecule has 0 radical (unpaired) electrons. The minimum absolute atomic E-state index is 0.558. The van der Waals surface area contributed by atoms with E-state index in [1.165, 1.54) is 4.74 Å². The number of amides is 1. The molecule has 1 N–H and O–H groups in total. The van der Waals surface area contributed by atoms with Crippen molar-refractivity contribution < 1.29 is 18.8 Å². The average molecular weight is 309 g/mol. The molecule has 0 aliphatic carbocycles. The summed E-state index contributed by atoms with van der Waals surface area (Å²) in [5.74, 6) is 0. The van der Waals surface area contributed by atoms with Gasteiger partial charge in [-0.15, -0.1) is 0 Å². The van der Waals surface area contributed by atoms with E-state index in [0.29, 0.717) is 5.69 Å². The maximum atomic E-state index is 12.1. The first-order chi connectivity index (χ1) is 11.2. The number of anilines is 1. The minimum Gasteiger partial charge on any atom is -0.464 e. The van der Waals surface area contributed by atoms with Crippen LogP contribution >= 0.6 is 0 Å². The number of carbonyl (C=O) groups is 1. The molecule has 3 rings (SSSR count). The van der Waals surface area contributed by atoms with E-state index in [0.717, 1.165) is 22.2 Å². The number of para-hydroxylation sites is 1. The molecule has 3 aromatic rings. The van der Waals surface area contributed by atoms with Gasteiger partial charge in [0, 0.05) is 28.8 Å². The summed E-state index contributed by atoms with van der Waals surface area (Å²) in [4.78, 5) is 17.5. The zero-order chi connectivity index (χ0) is 16.2. The molecular formula is C18H17N2O3+. The summed E-state index contributed by atoms with van der Waals surface area (Å²) in [5.41, 5.74) is 3.12. The molecule has 0 aliphatic rings. The highest BCUT2D eigenvalue weighted by Gasteiger charge is 2.18. The number of nitrogens with zero attached hydrogens (tertiary/aromatic N) is 1. The molecular weight excluding hydrogens is 292 g/mol. The molecule has 0 saturated heterocycles. The Balaban J connectivity index is 1.76. The van der Waals surface area contributed by atoms with Crippen LogP contribution in [0.15, 0.2) is 59.2 Å². The predicted octanol–water partition coefficient (Wildman–Crippen LogP) is 4.64. The Hall–Kier alpha value is -3.08. The zero-order valence-corrected chi connectivity index (χ0v) is 12.9. The smallest absolute Gasteiger partial charge is 0.464 e. The molecule has 0 bridgehead atoms. The molecule has 1 amide bonds. The Morgan fingerprint density at radius 3 is 2.83 bits per heavy atom. The van der Waals surface area contributed by atoms with Crippen LogP contribution in [0.4, 0.5) is 16.2 Å². The molecule has 0 atom stereocenters. The molecule has 0 aliphatic heterocycles. The van der Waals surface area contributed by atoms with E-state index in [4.69, 9.17) is 9.25 Å². The molecule has 5 nitrogen and oxygen atoms in total. The van der Waals surface area contributed by atoms with Crippen molar-refractivity contribution in [3.63, 3.8) is 0 Å². The summed E-state index contributed by atoms with van der Waals surface area (Å²) in [5, 5.41) is 3.73. The van der Waals surface area contributed by atoms with Crippen molar-refractivity contribution in [1.29, 1.82) is 0 Å². The first-order valence-corrected chi connectivity index (χ1v) is 7.28. The zero-order valence-electron chi connectivity index (χ0n) is 12.9. The number of furan rings is 1. The molecule has 0 unspecified atom stereocenters. The molecule has 1 heterocycles. The van der Waals surface area contributed by atoms with Crippen molar-refractivity contribution in [2.75, 3.05) is 5.32 Å². The van der Waals surface area contributed by atoms with E-state index in [2.05, 4.69) is 5.32 Å². The number of benzene rings is 2. The second-order valence-corrected chi connectivity index (χ2v) is 5.05. The Bertz CT molecular complexity index is 881. The highest BCUT2D eigenvalue weighted by molar-refractivity contribution is 5.85. The van der Waals surface area contributed by atoms with E-state index >= 15 is 0 Å². The SMILES string of the molecule is CC=[N+](OC(=O)Nc1ccccc1C)c1ccc2ccoc2c1. The van der Waals surface area contributed by atoms with Crippen LogP contribution in [-0.2, 0) is 4.84 Å². The lowest BCUT2D eigenvalue weighted by molar-refractivity contribution is -0.693.